The van der Waals surface area contributed by atoms with Gasteiger partial charge < -0.3 is 24.3 Å². The molecule has 0 saturated heterocycles. The highest BCUT2D eigenvalue weighted by Crippen LogP contribution is 2.36. The second-order valence-corrected chi connectivity index (χ2v) is 3.71. The minimum absolute atomic E-state index is 0.151. The largest absolute Gasteiger partial charge is 0.497 e. The summed E-state index contributed by atoms with van der Waals surface area (Å²) in [6.45, 7) is 0. The van der Waals surface area contributed by atoms with E-state index in [0.717, 1.165) is 0 Å². The van der Waals surface area contributed by atoms with Crippen LogP contribution in [-0.2, 0) is 0 Å². The van der Waals surface area contributed by atoms with E-state index in [-0.39, 0.29) is 17.0 Å². The van der Waals surface area contributed by atoms with Crippen LogP contribution in [0, 0.1) is 0 Å². The van der Waals surface area contributed by atoms with Crippen LogP contribution in [0.25, 0.3) is 0 Å². The standard InChI is InChI=1S/C9H12BBrO5/c1-14-5-4-6(15-2)8(11)9(16-3)7(5)10(12)13/h4,12-13H,1-3H3. The molecule has 5 nitrogen and oxygen atoms in total. The Morgan fingerprint density at radius 3 is 2.00 bits per heavy atom. The Morgan fingerprint density at radius 1 is 1.06 bits per heavy atom. The van der Waals surface area contributed by atoms with Gasteiger partial charge in [0.05, 0.1) is 26.8 Å². The zero-order chi connectivity index (χ0) is 12.3. The van der Waals surface area contributed by atoms with Gasteiger partial charge in [-0.1, -0.05) is 0 Å². The average molecular weight is 291 g/mol. The predicted molar refractivity (Wildman–Crippen MR) is 63.6 cm³/mol. The quantitative estimate of drug-likeness (QED) is 0.773. The highest BCUT2D eigenvalue weighted by Gasteiger charge is 2.27. The van der Waals surface area contributed by atoms with Crippen LogP contribution in [0.1, 0.15) is 0 Å². The molecule has 7 heteroatoms. The number of hydrogen-bond donors (Lipinski definition) is 2. The van der Waals surface area contributed by atoms with E-state index < -0.39 is 7.12 Å². The lowest BCUT2D eigenvalue weighted by Crippen LogP contribution is -2.33. The lowest BCUT2D eigenvalue weighted by atomic mass is 9.78. The summed E-state index contributed by atoms with van der Waals surface area (Å²) in [5, 5.41) is 18.5. The molecule has 1 aromatic carbocycles. The molecule has 0 fully saturated rings. The summed E-state index contributed by atoms with van der Waals surface area (Å²) in [6, 6.07) is 1.54. The minimum atomic E-state index is -1.69. The lowest BCUT2D eigenvalue weighted by molar-refractivity contribution is 0.368. The summed E-state index contributed by atoms with van der Waals surface area (Å²) in [7, 11) is 2.65. The lowest BCUT2D eigenvalue weighted by Gasteiger charge is -2.16. The van der Waals surface area contributed by atoms with Crippen LogP contribution in [0.4, 0.5) is 0 Å². The van der Waals surface area contributed by atoms with E-state index in [4.69, 9.17) is 14.2 Å². The first kappa shape index (κ1) is 13.2. The van der Waals surface area contributed by atoms with Crippen LogP contribution < -0.4 is 19.7 Å². The maximum Gasteiger partial charge on any atom is 0.496 e. The first-order valence-corrected chi connectivity index (χ1v) is 5.20. The molecule has 0 atom stereocenters. The first-order valence-electron chi connectivity index (χ1n) is 4.41. The number of benzene rings is 1. The van der Waals surface area contributed by atoms with Crippen LogP contribution in [0.5, 0.6) is 17.2 Å². The van der Waals surface area contributed by atoms with Gasteiger partial charge in [-0.3, -0.25) is 0 Å². The van der Waals surface area contributed by atoms with Gasteiger partial charge in [-0.25, -0.2) is 0 Å². The van der Waals surface area contributed by atoms with Gasteiger partial charge in [-0.05, 0) is 15.9 Å². The Balaban J connectivity index is 3.50. The zero-order valence-corrected chi connectivity index (χ0v) is 10.7. The Bertz CT molecular complexity index is 383. The van der Waals surface area contributed by atoms with Crippen molar-refractivity contribution in [2.24, 2.45) is 0 Å². The monoisotopic (exact) mass is 290 g/mol. The maximum absolute atomic E-state index is 9.27. The van der Waals surface area contributed by atoms with E-state index in [9.17, 15) is 10.0 Å². The van der Waals surface area contributed by atoms with Crippen molar-refractivity contribution < 1.29 is 24.3 Å². The molecule has 0 unspecified atom stereocenters. The van der Waals surface area contributed by atoms with Gasteiger partial charge in [0.15, 0.2) is 0 Å². The van der Waals surface area contributed by atoms with Crippen molar-refractivity contribution in [3.8, 4) is 17.2 Å². The topological polar surface area (TPSA) is 68.2 Å². The summed E-state index contributed by atoms with van der Waals surface area (Å²) in [5.41, 5.74) is 0.151. The van der Waals surface area contributed by atoms with E-state index in [1.807, 2.05) is 0 Å². The van der Waals surface area contributed by atoms with Gasteiger partial charge in [0.25, 0.3) is 0 Å². The molecular weight excluding hydrogens is 279 g/mol. The number of hydrogen-bond acceptors (Lipinski definition) is 5. The molecule has 0 aromatic heterocycles. The number of ether oxygens (including phenoxy) is 3. The third-order valence-electron chi connectivity index (χ3n) is 2.09. The molecule has 0 heterocycles. The Labute approximate surface area is 102 Å². The molecule has 0 aliphatic rings. The fourth-order valence-electron chi connectivity index (χ4n) is 1.36. The van der Waals surface area contributed by atoms with Crippen molar-refractivity contribution in [3.63, 3.8) is 0 Å². The molecule has 0 bridgehead atoms. The van der Waals surface area contributed by atoms with E-state index in [1.165, 1.54) is 21.3 Å². The molecule has 0 amide bonds. The smallest absolute Gasteiger partial charge is 0.496 e. The van der Waals surface area contributed by atoms with E-state index >= 15 is 0 Å². The van der Waals surface area contributed by atoms with E-state index in [2.05, 4.69) is 15.9 Å². The SMILES string of the molecule is COc1cc(OC)c(B(O)O)c(OC)c1Br. The minimum Gasteiger partial charge on any atom is -0.497 e. The van der Waals surface area contributed by atoms with Gasteiger partial charge in [0, 0.05) is 6.07 Å². The summed E-state index contributed by atoms with van der Waals surface area (Å²) in [6.07, 6.45) is 0. The maximum atomic E-state index is 9.27. The molecule has 88 valence electrons. The van der Waals surface area contributed by atoms with Crippen molar-refractivity contribution >= 4 is 28.5 Å². The van der Waals surface area contributed by atoms with Gasteiger partial charge >= 0.3 is 7.12 Å². The van der Waals surface area contributed by atoms with E-state index in [1.54, 1.807) is 6.07 Å². The Kier molecular flexibility index (Phi) is 4.46. The van der Waals surface area contributed by atoms with Crippen molar-refractivity contribution in [2.45, 2.75) is 0 Å². The summed E-state index contributed by atoms with van der Waals surface area (Å²) >= 11 is 3.26. The third kappa shape index (κ3) is 2.26. The van der Waals surface area contributed by atoms with Crippen LogP contribution in [0.15, 0.2) is 10.5 Å². The van der Waals surface area contributed by atoms with Crippen LogP contribution in [0.2, 0.25) is 0 Å². The second kappa shape index (κ2) is 5.42. The molecule has 0 aliphatic heterocycles. The molecule has 2 N–H and O–H groups in total. The predicted octanol–water partition coefficient (Wildman–Crippen LogP) is 0.155. The first-order chi connectivity index (χ1) is 7.56. The fraction of sp³-hybridized carbons (Fsp3) is 0.333. The van der Waals surface area contributed by atoms with Gasteiger partial charge in [0.1, 0.15) is 21.7 Å². The van der Waals surface area contributed by atoms with Crippen molar-refractivity contribution in [3.05, 3.63) is 10.5 Å². The molecule has 1 aromatic rings. The van der Waals surface area contributed by atoms with Crippen LogP contribution in [-0.4, -0.2) is 38.5 Å². The van der Waals surface area contributed by atoms with Crippen LogP contribution in [0.3, 0.4) is 0 Å². The van der Waals surface area contributed by atoms with Gasteiger partial charge in [-0.15, -0.1) is 0 Å². The van der Waals surface area contributed by atoms with Gasteiger partial charge in [-0.2, -0.15) is 0 Å². The van der Waals surface area contributed by atoms with Crippen molar-refractivity contribution in [1.82, 2.24) is 0 Å². The highest BCUT2D eigenvalue weighted by molar-refractivity contribution is 9.10. The fourth-order valence-corrected chi connectivity index (χ4v) is 2.02. The van der Waals surface area contributed by atoms with Crippen LogP contribution >= 0.6 is 15.9 Å². The molecule has 1 rings (SSSR count). The molecule has 0 saturated carbocycles. The molecule has 0 aliphatic carbocycles. The third-order valence-corrected chi connectivity index (χ3v) is 2.84. The average Bonchev–Trinajstić information content (AvgIpc) is 2.27. The normalized spacial score (nSPS) is 9.88. The summed E-state index contributed by atoms with van der Waals surface area (Å²) in [4.78, 5) is 0. The van der Waals surface area contributed by atoms with Crippen molar-refractivity contribution in [2.75, 3.05) is 21.3 Å². The Morgan fingerprint density at radius 2 is 1.62 bits per heavy atom. The number of rotatable bonds is 4. The summed E-state index contributed by atoms with van der Waals surface area (Å²) in [5.74, 6) is 1.04. The highest BCUT2D eigenvalue weighted by atomic mass is 79.9. The molecule has 16 heavy (non-hydrogen) atoms. The second-order valence-electron chi connectivity index (χ2n) is 2.92. The van der Waals surface area contributed by atoms with Crippen molar-refractivity contribution in [1.29, 1.82) is 0 Å². The molecule has 0 spiro atoms. The van der Waals surface area contributed by atoms with Gasteiger partial charge in [0.2, 0.25) is 0 Å². The van der Waals surface area contributed by atoms with E-state index in [0.29, 0.717) is 10.2 Å². The Hall–Kier alpha value is -0.915. The zero-order valence-electron chi connectivity index (χ0n) is 9.15. The number of halogens is 1. The summed E-state index contributed by atoms with van der Waals surface area (Å²) < 4.78 is 15.7. The molecule has 0 radical (unpaired) electrons. The number of methoxy groups -OCH3 is 3. The molecular formula is C9H12BBrO5.